The summed E-state index contributed by atoms with van der Waals surface area (Å²) in [5.41, 5.74) is 0.865. The van der Waals surface area contributed by atoms with E-state index < -0.39 is 0 Å². The average Bonchev–Trinajstić information content (AvgIpc) is 2.96. The van der Waals surface area contributed by atoms with Gasteiger partial charge in [-0.3, -0.25) is 4.79 Å². The highest BCUT2D eigenvalue weighted by atomic mass is 35.5. The van der Waals surface area contributed by atoms with Gasteiger partial charge in [-0.2, -0.15) is 0 Å². The van der Waals surface area contributed by atoms with Crippen LogP contribution < -0.4 is 4.90 Å². The van der Waals surface area contributed by atoms with Crippen LogP contribution in [0.2, 0.25) is 5.02 Å². The number of hydrogen-bond acceptors (Lipinski definition) is 5. The van der Waals surface area contributed by atoms with E-state index in [0.717, 1.165) is 5.56 Å². The van der Waals surface area contributed by atoms with Crippen molar-refractivity contribution in [1.82, 2.24) is 15.1 Å². The third-order valence-electron chi connectivity index (χ3n) is 3.72. The molecule has 0 N–H and O–H groups in total. The zero-order valence-corrected chi connectivity index (χ0v) is 13.1. The number of nitrogens with zero attached hydrogens (tertiary/aromatic N) is 4. The van der Waals surface area contributed by atoms with Gasteiger partial charge in [0.15, 0.2) is 0 Å². The van der Waals surface area contributed by atoms with Gasteiger partial charge in [0.2, 0.25) is 11.8 Å². The van der Waals surface area contributed by atoms with E-state index in [2.05, 4.69) is 10.2 Å². The number of amides is 1. The fourth-order valence-electron chi connectivity index (χ4n) is 2.48. The average molecular weight is 321 g/mol. The first kappa shape index (κ1) is 14.8. The van der Waals surface area contributed by atoms with Crippen molar-refractivity contribution in [3.05, 3.63) is 40.7 Å². The molecule has 0 unspecified atom stereocenters. The van der Waals surface area contributed by atoms with Crippen LogP contribution in [-0.2, 0) is 11.2 Å². The lowest BCUT2D eigenvalue weighted by atomic mass is 10.1. The zero-order chi connectivity index (χ0) is 15.5. The van der Waals surface area contributed by atoms with Crippen LogP contribution in [0.1, 0.15) is 11.5 Å². The fraction of sp³-hybridized carbons (Fsp3) is 0.400. The minimum absolute atomic E-state index is 0.0921. The molecule has 1 aromatic heterocycles. The first-order chi connectivity index (χ1) is 10.6. The summed E-state index contributed by atoms with van der Waals surface area (Å²) >= 11 is 6.11. The van der Waals surface area contributed by atoms with Crippen molar-refractivity contribution in [2.45, 2.75) is 13.3 Å². The molecule has 1 aliphatic heterocycles. The highest BCUT2D eigenvalue weighted by Gasteiger charge is 2.24. The maximum atomic E-state index is 12.4. The Balaban J connectivity index is 1.57. The van der Waals surface area contributed by atoms with Gasteiger partial charge in [-0.05, 0) is 11.6 Å². The fourth-order valence-corrected chi connectivity index (χ4v) is 2.68. The Morgan fingerprint density at radius 3 is 2.59 bits per heavy atom. The van der Waals surface area contributed by atoms with Crippen LogP contribution in [0.4, 0.5) is 6.01 Å². The molecule has 1 saturated heterocycles. The molecule has 0 atom stereocenters. The second-order valence-electron chi connectivity index (χ2n) is 5.24. The molecule has 2 aromatic rings. The molecule has 1 aliphatic rings. The predicted molar refractivity (Wildman–Crippen MR) is 83.0 cm³/mol. The summed E-state index contributed by atoms with van der Waals surface area (Å²) in [5, 5.41) is 8.47. The van der Waals surface area contributed by atoms with Gasteiger partial charge in [0.1, 0.15) is 0 Å². The van der Waals surface area contributed by atoms with E-state index in [1.165, 1.54) is 0 Å². The summed E-state index contributed by atoms with van der Waals surface area (Å²) < 4.78 is 5.41. The van der Waals surface area contributed by atoms with E-state index >= 15 is 0 Å². The van der Waals surface area contributed by atoms with E-state index in [0.29, 0.717) is 49.5 Å². The van der Waals surface area contributed by atoms with Crippen LogP contribution in [0.15, 0.2) is 28.7 Å². The molecular formula is C15H17ClN4O2. The van der Waals surface area contributed by atoms with Gasteiger partial charge in [0, 0.05) is 38.1 Å². The monoisotopic (exact) mass is 320 g/mol. The third kappa shape index (κ3) is 3.22. The van der Waals surface area contributed by atoms with E-state index in [9.17, 15) is 4.79 Å². The van der Waals surface area contributed by atoms with Crippen molar-refractivity contribution in [2.24, 2.45) is 0 Å². The predicted octanol–water partition coefficient (Wildman–Crippen LogP) is 1.92. The van der Waals surface area contributed by atoms with Crippen LogP contribution >= 0.6 is 11.6 Å². The zero-order valence-electron chi connectivity index (χ0n) is 12.3. The van der Waals surface area contributed by atoms with Crippen molar-refractivity contribution >= 4 is 23.5 Å². The largest absolute Gasteiger partial charge is 0.408 e. The van der Waals surface area contributed by atoms with E-state index in [-0.39, 0.29) is 5.91 Å². The SMILES string of the molecule is Cc1nnc(N2CCN(C(=O)Cc3ccccc3Cl)CC2)o1. The molecule has 22 heavy (non-hydrogen) atoms. The topological polar surface area (TPSA) is 62.5 Å². The third-order valence-corrected chi connectivity index (χ3v) is 4.09. The van der Waals surface area contributed by atoms with Gasteiger partial charge in [-0.15, -0.1) is 5.10 Å². The lowest BCUT2D eigenvalue weighted by Gasteiger charge is -2.33. The van der Waals surface area contributed by atoms with E-state index in [4.69, 9.17) is 16.0 Å². The Morgan fingerprint density at radius 1 is 1.23 bits per heavy atom. The molecule has 2 heterocycles. The number of aromatic nitrogens is 2. The molecular weight excluding hydrogens is 304 g/mol. The Kier molecular flexibility index (Phi) is 4.29. The summed E-state index contributed by atoms with van der Waals surface area (Å²) in [6, 6.07) is 7.97. The molecule has 0 spiro atoms. The first-order valence-electron chi connectivity index (χ1n) is 7.20. The second-order valence-corrected chi connectivity index (χ2v) is 5.65. The minimum Gasteiger partial charge on any atom is -0.408 e. The standard InChI is InChI=1S/C15H17ClN4O2/c1-11-17-18-15(22-11)20-8-6-19(7-9-20)14(21)10-12-4-2-3-5-13(12)16/h2-5H,6-10H2,1H3. The Bertz CT molecular complexity index is 665. The van der Waals surface area contributed by atoms with Crippen molar-refractivity contribution in [1.29, 1.82) is 0 Å². The molecule has 6 nitrogen and oxygen atoms in total. The highest BCUT2D eigenvalue weighted by Crippen LogP contribution is 2.18. The summed E-state index contributed by atoms with van der Waals surface area (Å²) in [6.45, 7) is 4.43. The van der Waals surface area contributed by atoms with Gasteiger partial charge >= 0.3 is 6.01 Å². The number of piperazine rings is 1. The summed E-state index contributed by atoms with van der Waals surface area (Å²) in [5.74, 6) is 0.640. The molecule has 0 saturated carbocycles. The molecule has 3 rings (SSSR count). The number of carbonyl (C=O) groups excluding carboxylic acids is 1. The summed E-state index contributed by atoms with van der Waals surface area (Å²) in [4.78, 5) is 16.2. The second kappa shape index (κ2) is 6.36. The molecule has 116 valence electrons. The Hall–Kier alpha value is -2.08. The maximum absolute atomic E-state index is 12.4. The number of carbonyl (C=O) groups is 1. The van der Waals surface area contributed by atoms with Gasteiger partial charge in [-0.25, -0.2) is 0 Å². The molecule has 1 fully saturated rings. The van der Waals surface area contributed by atoms with Gasteiger partial charge in [0.25, 0.3) is 0 Å². The van der Waals surface area contributed by atoms with E-state index in [1.54, 1.807) is 13.0 Å². The number of aryl methyl sites for hydroxylation is 1. The van der Waals surface area contributed by atoms with E-state index in [1.807, 2.05) is 28.0 Å². The van der Waals surface area contributed by atoms with Crippen molar-refractivity contribution in [3.63, 3.8) is 0 Å². The Labute approximate surface area is 133 Å². The van der Waals surface area contributed by atoms with Crippen LogP contribution in [0.5, 0.6) is 0 Å². The maximum Gasteiger partial charge on any atom is 0.318 e. The van der Waals surface area contributed by atoms with Crippen molar-refractivity contribution < 1.29 is 9.21 Å². The van der Waals surface area contributed by atoms with Gasteiger partial charge in [0.05, 0.1) is 6.42 Å². The number of anilines is 1. The number of rotatable bonds is 3. The number of benzene rings is 1. The van der Waals surface area contributed by atoms with Crippen molar-refractivity contribution in [2.75, 3.05) is 31.1 Å². The number of hydrogen-bond donors (Lipinski definition) is 0. The van der Waals surface area contributed by atoms with Crippen molar-refractivity contribution in [3.8, 4) is 0 Å². The van der Waals surface area contributed by atoms with Gasteiger partial charge in [-0.1, -0.05) is 34.9 Å². The van der Waals surface area contributed by atoms with Crippen LogP contribution in [0.3, 0.4) is 0 Å². The summed E-state index contributed by atoms with van der Waals surface area (Å²) in [7, 11) is 0. The lowest BCUT2D eigenvalue weighted by molar-refractivity contribution is -0.130. The first-order valence-corrected chi connectivity index (χ1v) is 7.57. The van der Waals surface area contributed by atoms with Crippen LogP contribution in [0, 0.1) is 6.92 Å². The number of halogens is 1. The lowest BCUT2D eigenvalue weighted by Crippen LogP contribution is -2.49. The van der Waals surface area contributed by atoms with Gasteiger partial charge < -0.3 is 14.2 Å². The molecule has 1 amide bonds. The summed E-state index contributed by atoms with van der Waals surface area (Å²) in [6.07, 6.45) is 0.333. The smallest absolute Gasteiger partial charge is 0.318 e. The molecule has 1 aromatic carbocycles. The molecule has 0 radical (unpaired) electrons. The molecule has 0 bridgehead atoms. The Morgan fingerprint density at radius 2 is 1.95 bits per heavy atom. The quantitative estimate of drug-likeness (QED) is 0.864. The normalized spacial score (nSPS) is 15.2. The molecule has 0 aliphatic carbocycles. The molecule has 7 heteroatoms. The highest BCUT2D eigenvalue weighted by molar-refractivity contribution is 6.31. The van der Waals surface area contributed by atoms with Crippen LogP contribution in [0.25, 0.3) is 0 Å². The minimum atomic E-state index is 0.0921. The van der Waals surface area contributed by atoms with Crippen LogP contribution in [-0.4, -0.2) is 47.2 Å².